The molecule has 1 aromatic rings. The average Bonchev–Trinajstić information content (AvgIpc) is 2.39. The van der Waals surface area contributed by atoms with Gasteiger partial charge in [-0.3, -0.25) is 4.79 Å². The zero-order valence-corrected chi connectivity index (χ0v) is 11.6. The SMILES string of the molecule is CC1OCCCC1C(=O)Nc1cnc(N(C)C)nc1. The predicted molar refractivity (Wildman–Crippen MR) is 73.1 cm³/mol. The van der Waals surface area contributed by atoms with E-state index in [1.165, 1.54) is 0 Å². The molecule has 1 saturated heterocycles. The molecule has 0 radical (unpaired) electrons. The Balaban J connectivity index is 1.98. The lowest BCUT2D eigenvalue weighted by molar-refractivity contribution is -0.127. The maximum Gasteiger partial charge on any atom is 0.230 e. The molecule has 2 heterocycles. The second kappa shape index (κ2) is 5.97. The number of hydrogen-bond acceptors (Lipinski definition) is 5. The van der Waals surface area contributed by atoms with Crippen LogP contribution in [0.2, 0.25) is 0 Å². The summed E-state index contributed by atoms with van der Waals surface area (Å²) in [7, 11) is 3.74. The van der Waals surface area contributed by atoms with Gasteiger partial charge >= 0.3 is 0 Å². The zero-order chi connectivity index (χ0) is 13.8. The van der Waals surface area contributed by atoms with Gasteiger partial charge in [0.1, 0.15) is 0 Å². The number of rotatable bonds is 3. The van der Waals surface area contributed by atoms with Gasteiger partial charge in [0.05, 0.1) is 30.1 Å². The van der Waals surface area contributed by atoms with Crippen LogP contribution in [0.3, 0.4) is 0 Å². The maximum absolute atomic E-state index is 12.1. The second-order valence-electron chi connectivity index (χ2n) is 4.98. The van der Waals surface area contributed by atoms with E-state index in [-0.39, 0.29) is 17.9 Å². The lowest BCUT2D eigenvalue weighted by atomic mass is 9.94. The Bertz CT molecular complexity index is 433. The second-order valence-corrected chi connectivity index (χ2v) is 4.98. The summed E-state index contributed by atoms with van der Waals surface area (Å²) < 4.78 is 5.50. The number of amides is 1. The predicted octanol–water partition coefficient (Wildman–Crippen LogP) is 1.30. The molecule has 1 aromatic heterocycles. The molecule has 0 bridgehead atoms. The van der Waals surface area contributed by atoms with Gasteiger partial charge in [0, 0.05) is 20.7 Å². The third-order valence-corrected chi connectivity index (χ3v) is 3.25. The summed E-state index contributed by atoms with van der Waals surface area (Å²) in [6, 6.07) is 0. The molecule has 1 N–H and O–H groups in total. The molecule has 1 amide bonds. The number of anilines is 2. The molecule has 0 aromatic carbocycles. The summed E-state index contributed by atoms with van der Waals surface area (Å²) in [5.74, 6) is 0.503. The van der Waals surface area contributed by atoms with Crippen molar-refractivity contribution >= 4 is 17.5 Å². The van der Waals surface area contributed by atoms with Crippen molar-refractivity contribution in [3.8, 4) is 0 Å². The van der Waals surface area contributed by atoms with Crippen LogP contribution >= 0.6 is 0 Å². The molecular formula is C13H20N4O2. The smallest absolute Gasteiger partial charge is 0.230 e. The van der Waals surface area contributed by atoms with E-state index in [1.807, 2.05) is 25.9 Å². The summed E-state index contributed by atoms with van der Waals surface area (Å²) in [5.41, 5.74) is 0.619. The molecule has 6 nitrogen and oxygen atoms in total. The normalized spacial score (nSPS) is 22.9. The highest BCUT2D eigenvalue weighted by molar-refractivity contribution is 5.92. The number of hydrogen-bond donors (Lipinski definition) is 1. The molecule has 0 spiro atoms. The monoisotopic (exact) mass is 264 g/mol. The molecule has 0 saturated carbocycles. The topological polar surface area (TPSA) is 67.3 Å². The molecule has 2 rings (SSSR count). The van der Waals surface area contributed by atoms with Crippen molar-refractivity contribution in [3.05, 3.63) is 12.4 Å². The van der Waals surface area contributed by atoms with Crippen molar-refractivity contribution < 1.29 is 9.53 Å². The van der Waals surface area contributed by atoms with Gasteiger partial charge < -0.3 is 15.0 Å². The number of carbonyl (C=O) groups excluding carboxylic acids is 1. The van der Waals surface area contributed by atoms with E-state index in [2.05, 4.69) is 15.3 Å². The van der Waals surface area contributed by atoms with E-state index < -0.39 is 0 Å². The zero-order valence-electron chi connectivity index (χ0n) is 11.6. The minimum Gasteiger partial charge on any atom is -0.378 e. The maximum atomic E-state index is 12.1. The van der Waals surface area contributed by atoms with E-state index in [9.17, 15) is 4.79 Å². The highest BCUT2D eigenvalue weighted by Crippen LogP contribution is 2.22. The molecule has 1 aliphatic heterocycles. The van der Waals surface area contributed by atoms with Gasteiger partial charge in [-0.1, -0.05) is 0 Å². The quantitative estimate of drug-likeness (QED) is 0.891. The first-order valence-electron chi connectivity index (χ1n) is 6.50. The van der Waals surface area contributed by atoms with Crippen LogP contribution in [0.15, 0.2) is 12.4 Å². The Hall–Kier alpha value is -1.69. The van der Waals surface area contributed by atoms with Gasteiger partial charge in [-0.15, -0.1) is 0 Å². The van der Waals surface area contributed by atoms with E-state index in [4.69, 9.17) is 4.74 Å². The summed E-state index contributed by atoms with van der Waals surface area (Å²) >= 11 is 0. The molecule has 1 aliphatic rings. The van der Waals surface area contributed by atoms with Crippen molar-refractivity contribution in [1.82, 2.24) is 9.97 Å². The van der Waals surface area contributed by atoms with Crippen molar-refractivity contribution in [2.75, 3.05) is 30.9 Å². The highest BCUT2D eigenvalue weighted by atomic mass is 16.5. The van der Waals surface area contributed by atoms with Crippen LogP contribution in [-0.4, -0.2) is 42.7 Å². The Morgan fingerprint density at radius 2 is 2.11 bits per heavy atom. The Labute approximate surface area is 113 Å². The third kappa shape index (κ3) is 3.41. The van der Waals surface area contributed by atoms with Crippen LogP contribution in [0.4, 0.5) is 11.6 Å². The van der Waals surface area contributed by atoms with E-state index >= 15 is 0 Å². The minimum absolute atomic E-state index is 0.0200. The first-order valence-corrected chi connectivity index (χ1v) is 6.50. The molecule has 104 valence electrons. The first-order chi connectivity index (χ1) is 9.08. The summed E-state index contributed by atoms with van der Waals surface area (Å²) in [6.45, 7) is 2.68. The number of nitrogens with one attached hydrogen (secondary N) is 1. The standard InChI is InChI=1S/C13H20N4O2/c1-9-11(5-4-6-19-9)12(18)16-10-7-14-13(15-8-10)17(2)3/h7-9,11H,4-6H2,1-3H3,(H,16,18). The third-order valence-electron chi connectivity index (χ3n) is 3.25. The lowest BCUT2D eigenvalue weighted by Gasteiger charge is -2.27. The van der Waals surface area contributed by atoms with Crippen molar-refractivity contribution in [3.63, 3.8) is 0 Å². The van der Waals surface area contributed by atoms with Crippen LogP contribution in [0.5, 0.6) is 0 Å². The Kier molecular flexibility index (Phi) is 4.31. The van der Waals surface area contributed by atoms with Gasteiger partial charge in [0.2, 0.25) is 11.9 Å². The first kappa shape index (κ1) is 13.7. The molecule has 2 unspecified atom stereocenters. The van der Waals surface area contributed by atoms with Crippen LogP contribution < -0.4 is 10.2 Å². The highest BCUT2D eigenvalue weighted by Gasteiger charge is 2.28. The molecule has 6 heteroatoms. The number of nitrogens with zero attached hydrogens (tertiary/aromatic N) is 3. The van der Waals surface area contributed by atoms with Gasteiger partial charge in [-0.25, -0.2) is 9.97 Å². The van der Waals surface area contributed by atoms with E-state index in [0.29, 0.717) is 11.6 Å². The number of carbonyl (C=O) groups is 1. The van der Waals surface area contributed by atoms with E-state index in [0.717, 1.165) is 19.4 Å². The van der Waals surface area contributed by atoms with E-state index in [1.54, 1.807) is 12.4 Å². The molecule has 19 heavy (non-hydrogen) atoms. The van der Waals surface area contributed by atoms with Crippen LogP contribution in [0.25, 0.3) is 0 Å². The lowest BCUT2D eigenvalue weighted by Crippen LogP contribution is -2.36. The molecule has 2 atom stereocenters. The summed E-state index contributed by atoms with van der Waals surface area (Å²) in [4.78, 5) is 22.3. The molecular weight excluding hydrogens is 244 g/mol. The van der Waals surface area contributed by atoms with Crippen molar-refractivity contribution in [2.45, 2.75) is 25.9 Å². The fraction of sp³-hybridized carbons (Fsp3) is 0.615. The summed E-state index contributed by atoms with van der Waals surface area (Å²) in [6.07, 6.45) is 5.00. The van der Waals surface area contributed by atoms with Gasteiger partial charge in [-0.05, 0) is 19.8 Å². The Morgan fingerprint density at radius 3 is 2.68 bits per heavy atom. The van der Waals surface area contributed by atoms with Crippen LogP contribution in [-0.2, 0) is 9.53 Å². The van der Waals surface area contributed by atoms with Crippen molar-refractivity contribution in [1.29, 1.82) is 0 Å². The van der Waals surface area contributed by atoms with Crippen molar-refractivity contribution in [2.24, 2.45) is 5.92 Å². The molecule has 0 aliphatic carbocycles. The summed E-state index contributed by atoms with van der Waals surface area (Å²) in [5, 5.41) is 2.85. The Morgan fingerprint density at radius 1 is 1.42 bits per heavy atom. The van der Waals surface area contributed by atoms with Gasteiger partial charge in [0.15, 0.2) is 0 Å². The average molecular weight is 264 g/mol. The minimum atomic E-state index is -0.0951. The van der Waals surface area contributed by atoms with Gasteiger partial charge in [-0.2, -0.15) is 0 Å². The number of aromatic nitrogens is 2. The largest absolute Gasteiger partial charge is 0.378 e. The van der Waals surface area contributed by atoms with Gasteiger partial charge in [0.25, 0.3) is 0 Å². The fourth-order valence-corrected chi connectivity index (χ4v) is 2.12. The number of ether oxygens (including phenoxy) is 1. The van der Waals surface area contributed by atoms with Crippen LogP contribution in [0, 0.1) is 5.92 Å². The van der Waals surface area contributed by atoms with Crippen LogP contribution in [0.1, 0.15) is 19.8 Å². The fourth-order valence-electron chi connectivity index (χ4n) is 2.12. The molecule has 1 fully saturated rings.